The minimum Gasteiger partial charge on any atom is -0.495 e. The zero-order valence-electron chi connectivity index (χ0n) is 31.9. The molecule has 1 aromatic heterocycles. The van der Waals surface area contributed by atoms with Gasteiger partial charge in [0.1, 0.15) is 31.5 Å². The molecule has 1 atom stereocenters. The van der Waals surface area contributed by atoms with Crippen LogP contribution in [-0.4, -0.2) is 167 Å². The molecule has 291 valence electrons. The molecule has 1 heterocycles. The predicted octanol–water partition coefficient (Wildman–Crippen LogP) is 4.03. The quantitative estimate of drug-likeness (QED) is 0.0444. The van der Waals surface area contributed by atoms with Gasteiger partial charge in [0, 0.05) is 99.4 Å². The third kappa shape index (κ3) is 11.6. The summed E-state index contributed by atoms with van der Waals surface area (Å²) in [6, 6.07) is 19.1. The van der Waals surface area contributed by atoms with Gasteiger partial charge in [0.2, 0.25) is 6.04 Å². The number of benzene rings is 5. The average Bonchev–Trinajstić information content (AvgIpc) is 3.58. The molecule has 0 aliphatic rings. The molecular formula is C35H28N6Na3O12S3. The van der Waals surface area contributed by atoms with Gasteiger partial charge < -0.3 is 10.1 Å². The van der Waals surface area contributed by atoms with E-state index in [1.54, 1.807) is 36.4 Å². The number of carbonyl (C=O) groups is 2. The van der Waals surface area contributed by atoms with E-state index >= 15 is 0 Å². The second kappa shape index (κ2) is 20.1. The van der Waals surface area contributed by atoms with Gasteiger partial charge in [0.25, 0.3) is 36.3 Å². The van der Waals surface area contributed by atoms with Crippen molar-refractivity contribution < 1.29 is 53.2 Å². The number of ketones is 1. The van der Waals surface area contributed by atoms with Gasteiger partial charge in [-0.05, 0) is 60.5 Å². The number of methoxy groups -OCH3 is 1. The summed E-state index contributed by atoms with van der Waals surface area (Å²) in [6.07, 6.45) is 2.28. The van der Waals surface area contributed by atoms with E-state index in [0.717, 1.165) is 42.1 Å². The fraction of sp³-hybridized carbons (Fsp3) is 0.0857. The van der Waals surface area contributed by atoms with Crippen molar-refractivity contribution in [1.82, 2.24) is 15.0 Å². The van der Waals surface area contributed by atoms with E-state index in [0.29, 0.717) is 11.1 Å². The van der Waals surface area contributed by atoms with Crippen LogP contribution >= 0.6 is 0 Å². The molecule has 5 aromatic carbocycles. The van der Waals surface area contributed by atoms with Gasteiger partial charge in [-0.25, -0.2) is 0 Å². The minimum absolute atomic E-state index is 0. The van der Waals surface area contributed by atoms with E-state index < -0.39 is 62.8 Å². The number of hydrogen-bond acceptors (Lipinski definition) is 13. The number of carbonyl (C=O) groups excluding carboxylic acids is 2. The molecule has 0 aliphatic carbocycles. The van der Waals surface area contributed by atoms with Gasteiger partial charge in [-0.2, -0.15) is 40.3 Å². The fourth-order valence-electron chi connectivity index (χ4n) is 5.57. The van der Waals surface area contributed by atoms with Crippen molar-refractivity contribution in [3.8, 4) is 11.4 Å². The van der Waals surface area contributed by atoms with Gasteiger partial charge in [0.15, 0.2) is 5.78 Å². The average molecular weight is 890 g/mol. The normalized spacial score (nSPS) is 12.4. The van der Waals surface area contributed by atoms with Crippen molar-refractivity contribution in [1.29, 1.82) is 0 Å². The predicted molar refractivity (Wildman–Crippen MR) is 219 cm³/mol. The molecule has 4 N–H and O–H groups in total. The molecular weight excluding hydrogens is 862 g/mol. The van der Waals surface area contributed by atoms with Crippen LogP contribution in [0.2, 0.25) is 0 Å². The Morgan fingerprint density at radius 3 is 1.88 bits per heavy atom. The monoisotopic (exact) mass is 889 g/mol. The first kappa shape index (κ1) is 50.1. The van der Waals surface area contributed by atoms with Crippen LogP contribution in [0.25, 0.3) is 39.6 Å². The van der Waals surface area contributed by atoms with E-state index in [1.165, 1.54) is 43.5 Å². The van der Waals surface area contributed by atoms with Crippen molar-refractivity contribution in [3.63, 3.8) is 0 Å². The van der Waals surface area contributed by atoms with E-state index in [-0.39, 0.29) is 133 Å². The Morgan fingerprint density at radius 2 is 1.29 bits per heavy atom. The number of nitrogens with zero attached hydrogens (tertiary/aromatic N) is 5. The van der Waals surface area contributed by atoms with Crippen LogP contribution < -0.4 is 10.1 Å². The van der Waals surface area contributed by atoms with Crippen molar-refractivity contribution in [2.75, 3.05) is 12.4 Å². The molecule has 6 rings (SSSR count). The van der Waals surface area contributed by atoms with E-state index in [9.17, 15) is 48.5 Å². The second-order valence-corrected chi connectivity index (χ2v) is 16.1. The maximum atomic E-state index is 12.9. The number of rotatable bonds is 12. The molecule has 1 amide bonds. The smallest absolute Gasteiger partial charge is 0.295 e. The molecule has 0 saturated heterocycles. The van der Waals surface area contributed by atoms with Crippen LogP contribution in [0.5, 0.6) is 5.75 Å². The number of para-hydroxylation sites is 2. The number of azo groups is 1. The van der Waals surface area contributed by atoms with Crippen LogP contribution in [0, 0.1) is 0 Å². The third-order valence-electron chi connectivity index (χ3n) is 8.14. The molecule has 1 unspecified atom stereocenters. The first-order chi connectivity index (χ1) is 26.3. The van der Waals surface area contributed by atoms with Gasteiger partial charge in [-0.1, -0.05) is 60.7 Å². The summed E-state index contributed by atoms with van der Waals surface area (Å²) in [4.78, 5) is 24.4. The number of aromatic nitrogens is 3. The first-order valence-electron chi connectivity index (χ1n) is 15.9. The SMILES string of the molecule is COc1ccccc1NC(=O)C(N=Nc1ccc(C=Cc2ccc(-n3nc4cc(S(=O)(=O)O)c5ccccc5c4n3)cc2S(=O)(=O)O)c(S(=O)(=O)O)c1)C(C)=O.[Na].[Na].[Na]. The Kier molecular flexibility index (Phi) is 17.1. The number of fused-ring (bicyclic) bond motifs is 3. The molecule has 18 nitrogen and oxygen atoms in total. The molecule has 0 saturated carbocycles. The molecule has 0 fully saturated rings. The topological polar surface area (TPSA) is 274 Å². The van der Waals surface area contributed by atoms with Gasteiger partial charge in [-0.3, -0.25) is 23.2 Å². The van der Waals surface area contributed by atoms with Crippen LogP contribution in [0.3, 0.4) is 0 Å². The summed E-state index contributed by atoms with van der Waals surface area (Å²) in [6.45, 7) is 1.11. The van der Waals surface area contributed by atoms with Gasteiger partial charge in [-0.15, -0.1) is 10.2 Å². The summed E-state index contributed by atoms with van der Waals surface area (Å²) < 4.78 is 109. The molecule has 59 heavy (non-hydrogen) atoms. The number of anilines is 1. The number of hydrogen-bond donors (Lipinski definition) is 4. The van der Waals surface area contributed by atoms with Gasteiger partial charge >= 0.3 is 0 Å². The third-order valence-corrected chi connectivity index (χ3v) is 10.9. The fourth-order valence-corrected chi connectivity index (χ4v) is 7.69. The Labute approximate surface area is 403 Å². The Balaban J connectivity index is 0.00000310. The first-order valence-corrected chi connectivity index (χ1v) is 20.2. The zero-order chi connectivity index (χ0) is 40.6. The Hall–Kier alpha value is -3.23. The molecule has 6 aromatic rings. The molecule has 0 aliphatic heterocycles. The second-order valence-electron chi connectivity index (χ2n) is 11.9. The summed E-state index contributed by atoms with van der Waals surface area (Å²) >= 11 is 0. The van der Waals surface area contributed by atoms with Crippen LogP contribution in [0.15, 0.2) is 116 Å². The van der Waals surface area contributed by atoms with Crippen molar-refractivity contribution in [3.05, 3.63) is 102 Å². The number of ether oxygens (including phenoxy) is 1. The summed E-state index contributed by atoms with van der Waals surface area (Å²) in [7, 11) is -13.2. The Morgan fingerprint density at radius 1 is 0.729 bits per heavy atom. The van der Waals surface area contributed by atoms with Crippen molar-refractivity contribution >= 4 is 176 Å². The summed E-state index contributed by atoms with van der Waals surface area (Å²) in [5.41, 5.74) is 0.0661. The number of amides is 1. The Bertz CT molecular complexity index is 3000. The maximum Gasteiger partial charge on any atom is 0.295 e. The number of nitrogens with one attached hydrogen (secondary N) is 1. The van der Waals surface area contributed by atoms with Crippen molar-refractivity contribution in [2.45, 2.75) is 27.7 Å². The van der Waals surface area contributed by atoms with E-state index in [2.05, 4.69) is 25.7 Å². The van der Waals surface area contributed by atoms with Crippen LogP contribution in [0.4, 0.5) is 11.4 Å². The van der Waals surface area contributed by atoms with E-state index in [4.69, 9.17) is 4.74 Å². The molecule has 0 spiro atoms. The standard InChI is InChI=1S/C35H28N6O12S3.3Na/c1-20(42)33(35(43)36-27-9-5-6-10-29(27)53-2)38-37-23-15-13-21(30(17-23)54(44,45)46)11-12-22-14-16-24(18-31(22)55(47,48)49)41-39-28-19-32(56(50,51)52)25-7-3-4-8-26(25)34(28)40-41;;;/h3-19,33H,1-2H3,(H,36,43)(H,44,45,46)(H,47,48,49)(H,50,51,52);;;. The largest absolute Gasteiger partial charge is 0.495 e. The van der Waals surface area contributed by atoms with E-state index in [1.807, 2.05) is 0 Å². The molecule has 3 radical (unpaired) electrons. The molecule has 24 heteroatoms. The molecule has 0 bridgehead atoms. The summed E-state index contributed by atoms with van der Waals surface area (Å²) in [5.74, 6) is -1.22. The maximum absolute atomic E-state index is 12.9. The number of Topliss-reactive ketones (excluding diaryl/α,β-unsaturated/α-hetero) is 1. The summed E-state index contributed by atoms with van der Waals surface area (Å²) in [5, 5.41) is 19.3. The zero-order valence-corrected chi connectivity index (χ0v) is 40.3. The van der Waals surface area contributed by atoms with Crippen molar-refractivity contribution in [2.24, 2.45) is 10.2 Å². The van der Waals surface area contributed by atoms with Gasteiger partial charge in [0.05, 0.1) is 24.2 Å². The minimum atomic E-state index is -4.96. The van der Waals surface area contributed by atoms with Crippen LogP contribution in [0.1, 0.15) is 18.1 Å². The van der Waals surface area contributed by atoms with Crippen LogP contribution in [-0.2, 0) is 39.9 Å².